The molecule has 1 aromatic carbocycles. The number of amides is 1. The highest BCUT2D eigenvalue weighted by atomic mass is 35.5. The molecule has 2 rings (SSSR count). The Hall–Kier alpha value is -2.07. The monoisotopic (exact) mass is 261 g/mol. The lowest BCUT2D eigenvalue weighted by molar-refractivity contribution is 0.100. The minimum Gasteiger partial charge on any atom is -0.365 e. The largest absolute Gasteiger partial charge is 0.365 e. The fraction of sp³-hybridized carbons (Fsp3) is 0.0769. The number of anilines is 2. The molecule has 3 N–H and O–H groups in total. The van der Waals surface area contributed by atoms with Gasteiger partial charge in [0.15, 0.2) is 0 Å². The molecule has 0 saturated carbocycles. The number of carbonyl (C=O) groups is 1. The van der Waals surface area contributed by atoms with Crippen molar-refractivity contribution in [3.8, 4) is 0 Å². The Balaban J connectivity index is 2.37. The zero-order valence-corrected chi connectivity index (χ0v) is 10.5. The summed E-state index contributed by atoms with van der Waals surface area (Å²) in [5, 5.41) is 3.57. The first-order valence-corrected chi connectivity index (χ1v) is 5.73. The van der Waals surface area contributed by atoms with Crippen LogP contribution < -0.4 is 11.1 Å². The van der Waals surface area contributed by atoms with E-state index < -0.39 is 5.91 Å². The quantitative estimate of drug-likeness (QED) is 0.893. The van der Waals surface area contributed by atoms with Crippen LogP contribution in [-0.4, -0.2) is 10.9 Å². The van der Waals surface area contributed by atoms with E-state index in [4.69, 9.17) is 17.3 Å². The van der Waals surface area contributed by atoms with Crippen molar-refractivity contribution in [2.75, 3.05) is 5.32 Å². The number of halogens is 1. The van der Waals surface area contributed by atoms with Gasteiger partial charge < -0.3 is 11.1 Å². The number of nitrogens with zero attached hydrogens (tertiary/aromatic N) is 1. The second kappa shape index (κ2) is 5.06. The molecule has 18 heavy (non-hydrogen) atoms. The number of aryl methyl sites for hydroxylation is 1. The van der Waals surface area contributed by atoms with E-state index >= 15 is 0 Å². The molecule has 1 heterocycles. The van der Waals surface area contributed by atoms with E-state index in [0.29, 0.717) is 22.1 Å². The average Bonchev–Trinajstić information content (AvgIpc) is 2.33. The molecule has 0 spiro atoms. The second-order valence-electron chi connectivity index (χ2n) is 3.87. The van der Waals surface area contributed by atoms with Crippen molar-refractivity contribution in [3.05, 3.63) is 52.7 Å². The van der Waals surface area contributed by atoms with Crippen molar-refractivity contribution in [3.63, 3.8) is 0 Å². The van der Waals surface area contributed by atoms with Crippen LogP contribution in [0.25, 0.3) is 0 Å². The number of primary amides is 1. The summed E-state index contributed by atoms with van der Waals surface area (Å²) in [6, 6.07) is 8.84. The third-order valence-corrected chi connectivity index (χ3v) is 2.76. The van der Waals surface area contributed by atoms with Crippen LogP contribution >= 0.6 is 11.6 Å². The van der Waals surface area contributed by atoms with Crippen molar-refractivity contribution < 1.29 is 4.79 Å². The molecule has 5 heteroatoms. The number of aromatic nitrogens is 1. The minimum atomic E-state index is -0.533. The molecule has 92 valence electrons. The topological polar surface area (TPSA) is 68.0 Å². The van der Waals surface area contributed by atoms with Gasteiger partial charge in [-0.25, -0.2) is 4.98 Å². The van der Waals surface area contributed by atoms with Gasteiger partial charge in [0.05, 0.1) is 16.3 Å². The molecule has 0 aliphatic heterocycles. The molecule has 0 aliphatic rings. The van der Waals surface area contributed by atoms with Gasteiger partial charge in [0.25, 0.3) is 5.91 Å². The Labute approximate surface area is 110 Å². The lowest BCUT2D eigenvalue weighted by atomic mass is 10.2. The van der Waals surface area contributed by atoms with E-state index in [0.717, 1.165) is 5.56 Å². The van der Waals surface area contributed by atoms with E-state index in [2.05, 4.69) is 10.3 Å². The summed E-state index contributed by atoms with van der Waals surface area (Å²) in [6.45, 7) is 1.95. The van der Waals surface area contributed by atoms with Crippen LogP contribution in [0.2, 0.25) is 5.02 Å². The number of pyridine rings is 1. The fourth-order valence-electron chi connectivity index (χ4n) is 1.55. The van der Waals surface area contributed by atoms with E-state index in [1.165, 1.54) is 0 Å². The normalized spacial score (nSPS) is 10.1. The van der Waals surface area contributed by atoms with Crippen LogP contribution in [0.3, 0.4) is 0 Å². The van der Waals surface area contributed by atoms with Gasteiger partial charge in [-0.2, -0.15) is 0 Å². The predicted octanol–water partition coefficient (Wildman–Crippen LogP) is 2.89. The molecule has 0 aliphatic carbocycles. The summed E-state index contributed by atoms with van der Waals surface area (Å²) in [5.41, 5.74) is 7.35. The average molecular weight is 262 g/mol. The first-order chi connectivity index (χ1) is 8.58. The summed E-state index contributed by atoms with van der Waals surface area (Å²) < 4.78 is 0. The van der Waals surface area contributed by atoms with Gasteiger partial charge in [0.2, 0.25) is 0 Å². The molecule has 0 unspecified atom stereocenters. The van der Waals surface area contributed by atoms with Gasteiger partial charge in [-0.3, -0.25) is 4.79 Å². The maximum absolute atomic E-state index is 11.3. The molecule has 2 aromatic rings. The Bertz CT molecular complexity index is 599. The Morgan fingerprint density at radius 3 is 2.83 bits per heavy atom. The lowest BCUT2D eigenvalue weighted by Crippen LogP contribution is -2.14. The third kappa shape index (κ3) is 2.60. The number of benzene rings is 1. The van der Waals surface area contributed by atoms with E-state index in [9.17, 15) is 4.79 Å². The van der Waals surface area contributed by atoms with Crippen molar-refractivity contribution in [2.45, 2.75) is 6.92 Å². The predicted molar refractivity (Wildman–Crippen MR) is 72.2 cm³/mol. The molecule has 1 amide bonds. The standard InChI is InChI=1S/C13H12ClN3O/c1-8-4-5-11(10(14)7-8)17-13-9(12(15)18)3-2-6-16-13/h2-7H,1H3,(H2,15,18)(H,16,17). The SMILES string of the molecule is Cc1ccc(Nc2ncccc2C(N)=O)c(Cl)c1. The maximum atomic E-state index is 11.3. The molecule has 0 atom stereocenters. The molecule has 1 aromatic heterocycles. The highest BCUT2D eigenvalue weighted by Crippen LogP contribution is 2.26. The minimum absolute atomic E-state index is 0.328. The Kier molecular flexibility index (Phi) is 3.48. The van der Waals surface area contributed by atoms with Gasteiger partial charge in [0.1, 0.15) is 5.82 Å². The molecule has 0 saturated heterocycles. The van der Waals surface area contributed by atoms with E-state index in [-0.39, 0.29) is 0 Å². The first-order valence-electron chi connectivity index (χ1n) is 5.36. The van der Waals surface area contributed by atoms with Gasteiger partial charge >= 0.3 is 0 Å². The van der Waals surface area contributed by atoms with Crippen molar-refractivity contribution in [2.24, 2.45) is 5.73 Å². The number of nitrogens with two attached hydrogens (primary N) is 1. The van der Waals surface area contributed by atoms with Crippen molar-refractivity contribution in [1.82, 2.24) is 4.98 Å². The van der Waals surface area contributed by atoms with Crippen molar-refractivity contribution in [1.29, 1.82) is 0 Å². The van der Waals surface area contributed by atoms with Crippen LogP contribution in [0.15, 0.2) is 36.5 Å². The highest BCUT2D eigenvalue weighted by molar-refractivity contribution is 6.33. The number of carbonyl (C=O) groups excluding carboxylic acids is 1. The van der Waals surface area contributed by atoms with E-state index in [1.807, 2.05) is 25.1 Å². The van der Waals surface area contributed by atoms with Crippen molar-refractivity contribution >= 4 is 29.0 Å². The summed E-state index contributed by atoms with van der Waals surface area (Å²) >= 11 is 6.10. The summed E-state index contributed by atoms with van der Waals surface area (Å²) in [4.78, 5) is 15.3. The zero-order chi connectivity index (χ0) is 13.1. The van der Waals surface area contributed by atoms with Gasteiger partial charge in [-0.15, -0.1) is 0 Å². The fourth-order valence-corrected chi connectivity index (χ4v) is 1.84. The zero-order valence-electron chi connectivity index (χ0n) is 9.77. The van der Waals surface area contributed by atoms with Crippen LogP contribution in [0.4, 0.5) is 11.5 Å². The second-order valence-corrected chi connectivity index (χ2v) is 4.28. The first kappa shape index (κ1) is 12.4. The van der Waals surface area contributed by atoms with Crippen LogP contribution in [0.5, 0.6) is 0 Å². The highest BCUT2D eigenvalue weighted by Gasteiger charge is 2.10. The molecule has 0 fully saturated rings. The third-order valence-electron chi connectivity index (χ3n) is 2.45. The molecular formula is C13H12ClN3O. The number of hydrogen-bond donors (Lipinski definition) is 2. The lowest BCUT2D eigenvalue weighted by Gasteiger charge is -2.10. The van der Waals surface area contributed by atoms with Crippen LogP contribution in [-0.2, 0) is 0 Å². The van der Waals surface area contributed by atoms with E-state index in [1.54, 1.807) is 18.3 Å². The van der Waals surface area contributed by atoms with Gasteiger partial charge in [-0.1, -0.05) is 17.7 Å². The molecular weight excluding hydrogens is 250 g/mol. The summed E-state index contributed by atoms with van der Waals surface area (Å²) in [5.74, 6) is -0.135. The summed E-state index contributed by atoms with van der Waals surface area (Å²) in [7, 11) is 0. The number of hydrogen-bond acceptors (Lipinski definition) is 3. The van der Waals surface area contributed by atoms with Gasteiger partial charge in [-0.05, 0) is 36.8 Å². The van der Waals surface area contributed by atoms with Gasteiger partial charge in [0, 0.05) is 6.20 Å². The Morgan fingerprint density at radius 1 is 1.39 bits per heavy atom. The Morgan fingerprint density at radius 2 is 2.17 bits per heavy atom. The number of nitrogens with one attached hydrogen (secondary N) is 1. The molecule has 4 nitrogen and oxygen atoms in total. The maximum Gasteiger partial charge on any atom is 0.252 e. The van der Waals surface area contributed by atoms with Crippen LogP contribution in [0.1, 0.15) is 15.9 Å². The molecule has 0 radical (unpaired) electrons. The smallest absolute Gasteiger partial charge is 0.252 e. The summed E-state index contributed by atoms with van der Waals surface area (Å²) in [6.07, 6.45) is 1.58. The molecule has 0 bridgehead atoms. The number of rotatable bonds is 3. The van der Waals surface area contributed by atoms with Crippen LogP contribution in [0, 0.1) is 6.92 Å².